The smallest absolute Gasteiger partial charge is 0.273 e. The van der Waals surface area contributed by atoms with Gasteiger partial charge in [-0.2, -0.15) is 0 Å². The molecule has 0 aliphatic carbocycles. The lowest BCUT2D eigenvalue weighted by Gasteiger charge is -2.15. The Morgan fingerprint density at radius 2 is 1.92 bits per heavy atom. The Morgan fingerprint density at radius 1 is 1.21 bits per heavy atom. The second-order valence-electron chi connectivity index (χ2n) is 5.08. The Hall–Kier alpha value is -3.09. The van der Waals surface area contributed by atoms with E-state index in [9.17, 15) is 14.9 Å². The van der Waals surface area contributed by atoms with Crippen LogP contribution in [0.15, 0.2) is 48.5 Å². The number of nitro groups is 1. The van der Waals surface area contributed by atoms with E-state index >= 15 is 0 Å². The van der Waals surface area contributed by atoms with Crippen LogP contribution in [0.2, 0.25) is 0 Å². The summed E-state index contributed by atoms with van der Waals surface area (Å²) in [7, 11) is 1.42. The Bertz CT molecular complexity index is 718. The van der Waals surface area contributed by atoms with Gasteiger partial charge in [-0.05, 0) is 18.6 Å². The molecule has 1 unspecified atom stereocenters. The summed E-state index contributed by atoms with van der Waals surface area (Å²) in [5.41, 5.74) is 0.836. The minimum atomic E-state index is -0.538. The van der Waals surface area contributed by atoms with Crippen LogP contribution in [0, 0.1) is 10.1 Å². The van der Waals surface area contributed by atoms with Crippen LogP contribution in [0.4, 0.5) is 5.69 Å². The van der Waals surface area contributed by atoms with Crippen molar-refractivity contribution in [2.45, 2.75) is 13.0 Å². The quantitative estimate of drug-likeness (QED) is 0.622. The standard InChI is InChI=1S/C17H18N2O5/c1-12(13-6-4-3-5-7-13)18-17(20)11-24-16-10-14(19(21)22)8-9-15(16)23-2/h3-10,12H,11H2,1-2H3,(H,18,20). The van der Waals surface area contributed by atoms with Crippen molar-refractivity contribution in [1.29, 1.82) is 0 Å². The number of rotatable bonds is 7. The van der Waals surface area contributed by atoms with Crippen molar-refractivity contribution in [3.63, 3.8) is 0 Å². The van der Waals surface area contributed by atoms with E-state index in [2.05, 4.69) is 5.32 Å². The Morgan fingerprint density at radius 3 is 2.54 bits per heavy atom. The summed E-state index contributed by atoms with van der Waals surface area (Å²) >= 11 is 0. The van der Waals surface area contributed by atoms with Crippen molar-refractivity contribution in [3.05, 3.63) is 64.2 Å². The molecule has 1 N–H and O–H groups in total. The molecule has 0 heterocycles. The van der Waals surface area contributed by atoms with Crippen LogP contribution in [-0.2, 0) is 4.79 Å². The minimum Gasteiger partial charge on any atom is -0.493 e. The fraction of sp³-hybridized carbons (Fsp3) is 0.235. The third-order valence-corrected chi connectivity index (χ3v) is 3.39. The molecule has 7 nitrogen and oxygen atoms in total. The summed E-state index contributed by atoms with van der Waals surface area (Å²) < 4.78 is 10.5. The minimum absolute atomic E-state index is 0.135. The van der Waals surface area contributed by atoms with E-state index in [-0.39, 0.29) is 30.0 Å². The molecule has 1 amide bonds. The first-order valence-electron chi connectivity index (χ1n) is 7.31. The zero-order chi connectivity index (χ0) is 17.5. The molecule has 0 spiro atoms. The van der Waals surface area contributed by atoms with Crippen molar-refractivity contribution in [1.82, 2.24) is 5.32 Å². The molecule has 0 aliphatic rings. The number of carbonyl (C=O) groups excluding carboxylic acids is 1. The molecule has 0 bridgehead atoms. The topological polar surface area (TPSA) is 90.7 Å². The molecule has 126 valence electrons. The lowest BCUT2D eigenvalue weighted by Crippen LogP contribution is -2.31. The van der Waals surface area contributed by atoms with Crippen LogP contribution < -0.4 is 14.8 Å². The summed E-state index contributed by atoms with van der Waals surface area (Å²) in [5, 5.41) is 13.6. The van der Waals surface area contributed by atoms with Gasteiger partial charge in [0.25, 0.3) is 11.6 Å². The van der Waals surface area contributed by atoms with E-state index in [0.29, 0.717) is 5.75 Å². The van der Waals surface area contributed by atoms with Crippen LogP contribution in [0.25, 0.3) is 0 Å². The zero-order valence-corrected chi connectivity index (χ0v) is 13.4. The molecule has 1 atom stereocenters. The molecule has 0 fully saturated rings. The monoisotopic (exact) mass is 330 g/mol. The van der Waals surface area contributed by atoms with Crippen molar-refractivity contribution in [2.75, 3.05) is 13.7 Å². The second kappa shape index (κ2) is 7.96. The van der Waals surface area contributed by atoms with Gasteiger partial charge in [-0.1, -0.05) is 30.3 Å². The van der Waals surface area contributed by atoms with Crippen LogP contribution in [-0.4, -0.2) is 24.5 Å². The van der Waals surface area contributed by atoms with Gasteiger partial charge in [0.15, 0.2) is 18.1 Å². The van der Waals surface area contributed by atoms with Gasteiger partial charge in [-0.25, -0.2) is 0 Å². The predicted octanol–water partition coefficient (Wildman–Crippen LogP) is 2.86. The molecular formula is C17H18N2O5. The van der Waals surface area contributed by atoms with Gasteiger partial charge in [-0.15, -0.1) is 0 Å². The van der Waals surface area contributed by atoms with E-state index in [1.807, 2.05) is 37.3 Å². The molecular weight excluding hydrogens is 312 g/mol. The highest BCUT2D eigenvalue weighted by atomic mass is 16.6. The predicted molar refractivity (Wildman–Crippen MR) is 88.1 cm³/mol. The number of nitrogens with zero attached hydrogens (tertiary/aromatic N) is 1. The molecule has 0 saturated heterocycles. The fourth-order valence-corrected chi connectivity index (χ4v) is 2.14. The summed E-state index contributed by atoms with van der Waals surface area (Å²) in [5.74, 6) is 0.138. The van der Waals surface area contributed by atoms with Crippen LogP contribution >= 0.6 is 0 Å². The summed E-state index contributed by atoms with van der Waals surface area (Å²) in [4.78, 5) is 22.3. The summed E-state index contributed by atoms with van der Waals surface area (Å²) in [6.07, 6.45) is 0. The molecule has 2 aromatic carbocycles. The van der Waals surface area contributed by atoms with Crippen molar-refractivity contribution in [3.8, 4) is 11.5 Å². The average molecular weight is 330 g/mol. The number of benzene rings is 2. The van der Waals surface area contributed by atoms with E-state index < -0.39 is 4.92 Å². The SMILES string of the molecule is COc1ccc([N+](=O)[O-])cc1OCC(=O)NC(C)c1ccccc1. The molecule has 24 heavy (non-hydrogen) atoms. The molecule has 2 aromatic rings. The number of carbonyl (C=O) groups is 1. The Labute approximate surface area is 139 Å². The normalized spacial score (nSPS) is 11.4. The number of nitrogens with one attached hydrogen (secondary N) is 1. The van der Waals surface area contributed by atoms with Gasteiger partial charge < -0.3 is 14.8 Å². The number of methoxy groups -OCH3 is 1. The molecule has 7 heteroatoms. The number of hydrogen-bond acceptors (Lipinski definition) is 5. The lowest BCUT2D eigenvalue weighted by molar-refractivity contribution is -0.385. The number of non-ortho nitro benzene ring substituents is 1. The van der Waals surface area contributed by atoms with E-state index in [4.69, 9.17) is 9.47 Å². The maximum absolute atomic E-state index is 12.0. The van der Waals surface area contributed by atoms with Crippen molar-refractivity contribution in [2.24, 2.45) is 0 Å². The highest BCUT2D eigenvalue weighted by molar-refractivity contribution is 5.78. The molecule has 2 rings (SSSR count). The van der Waals surface area contributed by atoms with Crippen LogP contribution in [0.1, 0.15) is 18.5 Å². The van der Waals surface area contributed by atoms with E-state index in [1.165, 1.54) is 25.3 Å². The number of hydrogen-bond donors (Lipinski definition) is 1. The molecule has 0 aromatic heterocycles. The van der Waals surface area contributed by atoms with Crippen LogP contribution in [0.3, 0.4) is 0 Å². The van der Waals surface area contributed by atoms with Crippen molar-refractivity contribution >= 4 is 11.6 Å². The first kappa shape index (κ1) is 17.3. The van der Waals surface area contributed by atoms with Gasteiger partial charge in [0, 0.05) is 6.07 Å². The number of amides is 1. The van der Waals surface area contributed by atoms with Gasteiger partial charge in [0.2, 0.25) is 0 Å². The maximum Gasteiger partial charge on any atom is 0.273 e. The van der Waals surface area contributed by atoms with Gasteiger partial charge in [0.05, 0.1) is 24.1 Å². The molecule has 0 radical (unpaired) electrons. The largest absolute Gasteiger partial charge is 0.493 e. The first-order chi connectivity index (χ1) is 11.5. The third kappa shape index (κ3) is 4.45. The lowest BCUT2D eigenvalue weighted by atomic mass is 10.1. The first-order valence-corrected chi connectivity index (χ1v) is 7.31. The maximum atomic E-state index is 12.0. The Balaban J connectivity index is 1.98. The second-order valence-corrected chi connectivity index (χ2v) is 5.08. The Kier molecular flexibility index (Phi) is 5.73. The molecule has 0 saturated carbocycles. The number of nitro benzene ring substituents is 1. The zero-order valence-electron chi connectivity index (χ0n) is 13.4. The van der Waals surface area contributed by atoms with Crippen LogP contribution in [0.5, 0.6) is 11.5 Å². The summed E-state index contributed by atoms with van der Waals surface area (Å²) in [6, 6.07) is 13.3. The summed E-state index contributed by atoms with van der Waals surface area (Å²) in [6.45, 7) is 1.59. The van der Waals surface area contributed by atoms with Gasteiger partial charge in [0.1, 0.15) is 0 Å². The van der Waals surface area contributed by atoms with Crippen molar-refractivity contribution < 1.29 is 19.2 Å². The third-order valence-electron chi connectivity index (χ3n) is 3.39. The van der Waals surface area contributed by atoms with Gasteiger partial charge >= 0.3 is 0 Å². The highest BCUT2D eigenvalue weighted by Gasteiger charge is 2.15. The van der Waals surface area contributed by atoms with Gasteiger partial charge in [-0.3, -0.25) is 14.9 Å². The van der Waals surface area contributed by atoms with E-state index in [0.717, 1.165) is 5.56 Å². The van der Waals surface area contributed by atoms with E-state index in [1.54, 1.807) is 0 Å². The number of ether oxygens (including phenoxy) is 2. The molecule has 0 aliphatic heterocycles. The average Bonchev–Trinajstić information content (AvgIpc) is 2.60. The fourth-order valence-electron chi connectivity index (χ4n) is 2.14. The highest BCUT2D eigenvalue weighted by Crippen LogP contribution is 2.31.